The quantitative estimate of drug-likeness (QED) is 0.872. The number of rotatable bonds is 3. The predicted molar refractivity (Wildman–Crippen MR) is 82.3 cm³/mol. The van der Waals surface area contributed by atoms with Gasteiger partial charge in [0.05, 0.1) is 6.04 Å². The second kappa shape index (κ2) is 5.19. The summed E-state index contributed by atoms with van der Waals surface area (Å²) < 4.78 is 13.1. The third kappa shape index (κ3) is 2.01. The van der Waals surface area contributed by atoms with Gasteiger partial charge in [-0.25, -0.2) is 0 Å². The minimum atomic E-state index is 0.316. The van der Waals surface area contributed by atoms with Crippen molar-refractivity contribution in [3.8, 4) is 11.5 Å². The maximum absolute atomic E-state index is 5.51. The Morgan fingerprint density at radius 3 is 2.95 bits per heavy atom. The maximum Gasteiger partial charge on any atom is 0.231 e. The van der Waals surface area contributed by atoms with Crippen molar-refractivity contribution < 1.29 is 9.47 Å². The Morgan fingerprint density at radius 1 is 1.23 bits per heavy atom. The van der Waals surface area contributed by atoms with Gasteiger partial charge in [-0.05, 0) is 44.4 Å². The van der Waals surface area contributed by atoms with Gasteiger partial charge in [-0.15, -0.1) is 10.2 Å². The number of hydrogen-bond donors (Lipinski definition) is 0. The van der Waals surface area contributed by atoms with Crippen LogP contribution in [-0.2, 0) is 6.54 Å². The van der Waals surface area contributed by atoms with Gasteiger partial charge in [-0.1, -0.05) is 6.07 Å². The summed E-state index contributed by atoms with van der Waals surface area (Å²) in [5.41, 5.74) is 1.25. The van der Waals surface area contributed by atoms with Crippen LogP contribution in [0.4, 0.5) is 5.95 Å². The number of aryl methyl sites for hydroxylation is 1. The number of ether oxygens (including phenoxy) is 2. The molecule has 1 saturated heterocycles. The van der Waals surface area contributed by atoms with Crippen molar-refractivity contribution in [2.45, 2.75) is 39.3 Å². The fraction of sp³-hybridized carbons (Fsp3) is 0.500. The zero-order valence-corrected chi connectivity index (χ0v) is 13.0. The highest BCUT2D eigenvalue weighted by Gasteiger charge is 2.31. The standard InChI is InChI=1S/C16H20N4O2/c1-3-19-11(2)17-18-16(19)20-8-4-5-13(20)12-6-7-14-15(9-12)22-10-21-14/h6-7,9,13H,3-5,8,10H2,1-2H3. The molecule has 0 spiro atoms. The van der Waals surface area contributed by atoms with Crippen molar-refractivity contribution in [3.05, 3.63) is 29.6 Å². The Morgan fingerprint density at radius 2 is 2.09 bits per heavy atom. The van der Waals surface area contributed by atoms with Crippen LogP contribution in [0.25, 0.3) is 0 Å². The summed E-state index contributed by atoms with van der Waals surface area (Å²) in [6.07, 6.45) is 2.28. The highest BCUT2D eigenvalue weighted by molar-refractivity contribution is 5.48. The number of nitrogens with zero attached hydrogens (tertiary/aromatic N) is 4. The zero-order valence-electron chi connectivity index (χ0n) is 13.0. The molecule has 1 fully saturated rings. The van der Waals surface area contributed by atoms with Crippen LogP contribution in [0, 0.1) is 6.92 Å². The average molecular weight is 300 g/mol. The van der Waals surface area contributed by atoms with Crippen LogP contribution >= 0.6 is 0 Å². The first-order chi connectivity index (χ1) is 10.8. The first kappa shape index (κ1) is 13.4. The van der Waals surface area contributed by atoms with Gasteiger partial charge < -0.3 is 14.4 Å². The molecule has 3 heterocycles. The molecule has 2 aliphatic rings. The highest BCUT2D eigenvalue weighted by atomic mass is 16.7. The molecule has 116 valence electrons. The van der Waals surface area contributed by atoms with E-state index < -0.39 is 0 Å². The predicted octanol–water partition coefficient (Wildman–Crippen LogP) is 2.68. The van der Waals surface area contributed by atoms with Crippen LogP contribution in [0.5, 0.6) is 11.5 Å². The van der Waals surface area contributed by atoms with E-state index in [1.165, 1.54) is 5.56 Å². The summed E-state index contributed by atoms with van der Waals surface area (Å²) in [5, 5.41) is 8.64. The third-order valence-electron chi connectivity index (χ3n) is 4.52. The first-order valence-corrected chi connectivity index (χ1v) is 7.84. The molecule has 1 aromatic heterocycles. The lowest BCUT2D eigenvalue weighted by Gasteiger charge is -2.26. The molecule has 1 unspecified atom stereocenters. The van der Waals surface area contributed by atoms with Crippen molar-refractivity contribution in [3.63, 3.8) is 0 Å². The Balaban J connectivity index is 1.69. The van der Waals surface area contributed by atoms with E-state index in [2.05, 4.69) is 38.7 Å². The Hall–Kier alpha value is -2.24. The van der Waals surface area contributed by atoms with Gasteiger partial charge in [0.15, 0.2) is 11.5 Å². The Bertz CT molecular complexity index is 697. The monoisotopic (exact) mass is 300 g/mol. The maximum atomic E-state index is 5.51. The summed E-state index contributed by atoms with van der Waals surface area (Å²) in [5.74, 6) is 3.62. The van der Waals surface area contributed by atoms with E-state index in [1.54, 1.807) is 0 Å². The number of aromatic nitrogens is 3. The highest BCUT2D eigenvalue weighted by Crippen LogP contribution is 2.40. The Kier molecular flexibility index (Phi) is 3.17. The van der Waals surface area contributed by atoms with Gasteiger partial charge in [0.2, 0.25) is 12.7 Å². The molecule has 1 aromatic carbocycles. The van der Waals surface area contributed by atoms with E-state index in [-0.39, 0.29) is 0 Å². The van der Waals surface area contributed by atoms with E-state index >= 15 is 0 Å². The lowest BCUT2D eigenvalue weighted by atomic mass is 10.0. The molecule has 0 N–H and O–H groups in total. The number of hydrogen-bond acceptors (Lipinski definition) is 5. The van der Waals surface area contributed by atoms with E-state index in [0.717, 1.165) is 49.2 Å². The lowest BCUT2D eigenvalue weighted by molar-refractivity contribution is 0.174. The van der Waals surface area contributed by atoms with Crippen LogP contribution in [0.1, 0.15) is 37.2 Å². The number of anilines is 1. The summed E-state index contributed by atoms with van der Waals surface area (Å²) in [6, 6.07) is 6.56. The molecular weight excluding hydrogens is 280 g/mol. The second-order valence-electron chi connectivity index (χ2n) is 5.76. The van der Waals surface area contributed by atoms with Gasteiger partial charge in [0.1, 0.15) is 5.82 Å². The molecule has 6 heteroatoms. The minimum absolute atomic E-state index is 0.316. The molecule has 0 aliphatic carbocycles. The molecule has 22 heavy (non-hydrogen) atoms. The number of benzene rings is 1. The van der Waals surface area contributed by atoms with E-state index in [1.807, 2.05) is 13.0 Å². The summed E-state index contributed by atoms with van der Waals surface area (Å²) in [4.78, 5) is 2.36. The molecule has 0 saturated carbocycles. The smallest absolute Gasteiger partial charge is 0.231 e. The molecular formula is C16H20N4O2. The van der Waals surface area contributed by atoms with Crippen LogP contribution in [0.3, 0.4) is 0 Å². The van der Waals surface area contributed by atoms with E-state index in [4.69, 9.17) is 9.47 Å². The molecule has 0 radical (unpaired) electrons. The Labute approximate surface area is 129 Å². The van der Waals surface area contributed by atoms with Gasteiger partial charge in [-0.2, -0.15) is 0 Å². The normalized spacial score (nSPS) is 19.9. The molecule has 0 bridgehead atoms. The molecule has 6 nitrogen and oxygen atoms in total. The van der Waals surface area contributed by atoms with E-state index in [0.29, 0.717) is 12.8 Å². The van der Waals surface area contributed by atoms with Crippen molar-refractivity contribution >= 4 is 5.95 Å². The lowest BCUT2D eigenvalue weighted by Crippen LogP contribution is -2.26. The van der Waals surface area contributed by atoms with Gasteiger partial charge >= 0.3 is 0 Å². The first-order valence-electron chi connectivity index (χ1n) is 7.84. The van der Waals surface area contributed by atoms with Crippen LogP contribution in [0.2, 0.25) is 0 Å². The fourth-order valence-corrected chi connectivity index (χ4v) is 3.43. The average Bonchev–Trinajstić information content (AvgIpc) is 3.24. The third-order valence-corrected chi connectivity index (χ3v) is 4.52. The van der Waals surface area contributed by atoms with Gasteiger partial charge in [-0.3, -0.25) is 4.57 Å². The van der Waals surface area contributed by atoms with Crippen molar-refractivity contribution in [2.24, 2.45) is 0 Å². The van der Waals surface area contributed by atoms with Crippen LogP contribution in [-0.4, -0.2) is 28.1 Å². The summed E-state index contributed by atoms with van der Waals surface area (Å²) in [7, 11) is 0. The molecule has 1 atom stereocenters. The molecule has 0 amide bonds. The SMILES string of the molecule is CCn1c(C)nnc1N1CCCC1c1ccc2c(c1)OCO2. The van der Waals surface area contributed by atoms with Gasteiger partial charge in [0, 0.05) is 13.1 Å². The summed E-state index contributed by atoms with van der Waals surface area (Å²) >= 11 is 0. The number of fused-ring (bicyclic) bond motifs is 1. The summed E-state index contributed by atoms with van der Waals surface area (Å²) in [6.45, 7) is 6.35. The van der Waals surface area contributed by atoms with Crippen LogP contribution < -0.4 is 14.4 Å². The van der Waals surface area contributed by atoms with Gasteiger partial charge in [0.25, 0.3) is 0 Å². The molecule has 4 rings (SSSR count). The van der Waals surface area contributed by atoms with Crippen LogP contribution in [0.15, 0.2) is 18.2 Å². The molecule has 2 aromatic rings. The van der Waals surface area contributed by atoms with Crippen molar-refractivity contribution in [2.75, 3.05) is 18.2 Å². The zero-order chi connectivity index (χ0) is 15.1. The van der Waals surface area contributed by atoms with Crippen molar-refractivity contribution in [1.82, 2.24) is 14.8 Å². The largest absolute Gasteiger partial charge is 0.454 e. The minimum Gasteiger partial charge on any atom is -0.454 e. The topological polar surface area (TPSA) is 52.4 Å². The fourth-order valence-electron chi connectivity index (χ4n) is 3.43. The second-order valence-corrected chi connectivity index (χ2v) is 5.76. The van der Waals surface area contributed by atoms with E-state index in [9.17, 15) is 0 Å². The molecule has 2 aliphatic heterocycles. The van der Waals surface area contributed by atoms with Crippen molar-refractivity contribution in [1.29, 1.82) is 0 Å².